The summed E-state index contributed by atoms with van der Waals surface area (Å²) in [6, 6.07) is 0. The second kappa shape index (κ2) is 8.09. The molecule has 0 aromatic carbocycles. The Balaban J connectivity index is 2.55. The highest BCUT2D eigenvalue weighted by Gasteiger charge is 2.58. The van der Waals surface area contributed by atoms with Gasteiger partial charge in [0.05, 0.1) is 5.41 Å². The SMILES string of the molecule is CC1(C)CC(C(CCCC(=O)O)(C(=O)O)C2CC(C)(C)NC(C)(C)C2)CC(C)(C)N1. The Labute approximate surface area is 182 Å². The lowest BCUT2D eigenvalue weighted by molar-refractivity contribution is -0.166. The predicted molar refractivity (Wildman–Crippen MR) is 120 cm³/mol. The molecule has 0 atom stereocenters. The highest BCUT2D eigenvalue weighted by atomic mass is 16.4. The van der Waals surface area contributed by atoms with Crippen molar-refractivity contribution in [3.05, 3.63) is 0 Å². The molecule has 174 valence electrons. The van der Waals surface area contributed by atoms with Gasteiger partial charge in [-0.25, -0.2) is 0 Å². The van der Waals surface area contributed by atoms with E-state index in [1.807, 2.05) is 0 Å². The predicted octanol–water partition coefficient (Wildman–Crippen LogP) is 4.43. The van der Waals surface area contributed by atoms with Gasteiger partial charge in [-0.15, -0.1) is 0 Å². The van der Waals surface area contributed by atoms with Gasteiger partial charge in [0.15, 0.2) is 0 Å². The summed E-state index contributed by atoms with van der Waals surface area (Å²) in [5.41, 5.74) is -1.60. The maximum absolute atomic E-state index is 13.2. The molecule has 0 unspecified atom stereocenters. The molecule has 2 saturated heterocycles. The number of nitrogens with one attached hydrogen (secondary N) is 2. The minimum Gasteiger partial charge on any atom is -0.481 e. The van der Waals surface area contributed by atoms with E-state index in [1.54, 1.807) is 0 Å². The molecule has 0 aromatic rings. The first-order valence-corrected chi connectivity index (χ1v) is 11.4. The van der Waals surface area contributed by atoms with Crippen molar-refractivity contribution in [1.82, 2.24) is 10.6 Å². The Bertz CT molecular complexity index is 596. The van der Waals surface area contributed by atoms with Gasteiger partial charge >= 0.3 is 11.9 Å². The Morgan fingerprint density at radius 2 is 1.10 bits per heavy atom. The number of rotatable bonds is 7. The second-order valence-electron chi connectivity index (χ2n) is 12.6. The zero-order chi connectivity index (χ0) is 23.2. The van der Waals surface area contributed by atoms with Crippen LogP contribution in [0.5, 0.6) is 0 Å². The molecule has 6 heteroatoms. The summed E-state index contributed by atoms with van der Waals surface area (Å²) < 4.78 is 0. The van der Waals surface area contributed by atoms with Gasteiger partial charge in [0.2, 0.25) is 0 Å². The van der Waals surface area contributed by atoms with Crippen LogP contribution in [0.4, 0.5) is 0 Å². The zero-order valence-electron chi connectivity index (χ0n) is 20.3. The monoisotopic (exact) mass is 424 g/mol. The molecule has 2 aliphatic heterocycles. The van der Waals surface area contributed by atoms with Crippen LogP contribution in [0, 0.1) is 17.3 Å². The van der Waals surface area contributed by atoms with Crippen molar-refractivity contribution >= 4 is 11.9 Å². The number of carboxylic acids is 2. The van der Waals surface area contributed by atoms with Crippen LogP contribution in [0.2, 0.25) is 0 Å². The van der Waals surface area contributed by atoms with E-state index >= 15 is 0 Å². The van der Waals surface area contributed by atoms with Crippen LogP contribution in [0.25, 0.3) is 0 Å². The third-order valence-corrected chi connectivity index (χ3v) is 7.22. The molecule has 0 aromatic heterocycles. The normalized spacial score (nSPS) is 26.3. The van der Waals surface area contributed by atoms with E-state index in [9.17, 15) is 19.8 Å². The number of piperidine rings is 2. The zero-order valence-corrected chi connectivity index (χ0v) is 20.3. The van der Waals surface area contributed by atoms with Crippen molar-refractivity contribution in [2.45, 2.75) is 122 Å². The van der Waals surface area contributed by atoms with Gasteiger partial charge < -0.3 is 20.8 Å². The molecule has 2 aliphatic rings. The first kappa shape index (κ1) is 25.1. The molecule has 0 saturated carbocycles. The molecule has 0 bridgehead atoms. The van der Waals surface area contributed by atoms with Crippen LogP contribution in [-0.4, -0.2) is 44.3 Å². The fourth-order valence-corrected chi connectivity index (χ4v) is 7.10. The lowest BCUT2D eigenvalue weighted by Gasteiger charge is -2.57. The highest BCUT2D eigenvalue weighted by Crippen LogP contribution is 2.55. The molecular weight excluding hydrogens is 380 g/mol. The first-order valence-electron chi connectivity index (χ1n) is 11.4. The van der Waals surface area contributed by atoms with Gasteiger partial charge in [-0.3, -0.25) is 9.59 Å². The highest BCUT2D eigenvalue weighted by molar-refractivity contribution is 5.76. The molecule has 0 amide bonds. The Morgan fingerprint density at radius 3 is 1.37 bits per heavy atom. The minimum atomic E-state index is -0.928. The number of hydrogen-bond acceptors (Lipinski definition) is 4. The molecule has 0 aliphatic carbocycles. The van der Waals surface area contributed by atoms with E-state index in [4.69, 9.17) is 0 Å². The average Bonchev–Trinajstić information content (AvgIpc) is 2.44. The lowest BCUT2D eigenvalue weighted by atomic mass is 9.52. The summed E-state index contributed by atoms with van der Waals surface area (Å²) in [6.45, 7) is 17.2. The van der Waals surface area contributed by atoms with Gasteiger partial charge in [0.1, 0.15) is 0 Å². The maximum Gasteiger partial charge on any atom is 0.310 e. The standard InChI is InChI=1S/C24H44N2O4/c1-20(2)12-16(13-21(3,4)25-20)24(19(29)30,11-9-10-18(27)28)17-14-22(5,6)26-23(7,8)15-17/h16-17,25-26H,9-15H2,1-8H3,(H,27,28)(H,29,30). The van der Waals surface area contributed by atoms with Crippen molar-refractivity contribution in [2.75, 3.05) is 0 Å². The van der Waals surface area contributed by atoms with Crippen molar-refractivity contribution in [1.29, 1.82) is 0 Å². The molecule has 2 fully saturated rings. The summed E-state index contributed by atoms with van der Waals surface area (Å²) in [4.78, 5) is 24.4. The quantitative estimate of drug-likeness (QED) is 0.483. The molecule has 4 N–H and O–H groups in total. The van der Waals surface area contributed by atoms with Gasteiger partial charge in [-0.2, -0.15) is 0 Å². The van der Waals surface area contributed by atoms with Gasteiger partial charge in [-0.05, 0) is 106 Å². The van der Waals surface area contributed by atoms with E-state index in [-0.39, 0.29) is 40.4 Å². The van der Waals surface area contributed by atoms with Crippen molar-refractivity contribution < 1.29 is 19.8 Å². The topological polar surface area (TPSA) is 98.7 Å². The fourth-order valence-electron chi connectivity index (χ4n) is 7.10. The number of carbonyl (C=O) groups is 2. The van der Waals surface area contributed by atoms with E-state index in [2.05, 4.69) is 66.0 Å². The summed E-state index contributed by atoms with van der Waals surface area (Å²) >= 11 is 0. The Kier molecular flexibility index (Phi) is 6.77. The van der Waals surface area contributed by atoms with Crippen LogP contribution < -0.4 is 10.6 Å². The minimum absolute atomic E-state index is 0.00950. The van der Waals surface area contributed by atoms with Crippen LogP contribution in [0.3, 0.4) is 0 Å². The lowest BCUT2D eigenvalue weighted by Crippen LogP contribution is -2.65. The van der Waals surface area contributed by atoms with Crippen molar-refractivity contribution in [3.8, 4) is 0 Å². The summed E-state index contributed by atoms with van der Waals surface area (Å²) in [6.07, 6.45) is 3.95. The van der Waals surface area contributed by atoms with Crippen LogP contribution in [0.1, 0.15) is 100 Å². The number of aliphatic carboxylic acids is 2. The van der Waals surface area contributed by atoms with Crippen LogP contribution in [-0.2, 0) is 9.59 Å². The van der Waals surface area contributed by atoms with E-state index in [1.165, 1.54) is 0 Å². The van der Waals surface area contributed by atoms with Gasteiger partial charge in [0.25, 0.3) is 0 Å². The van der Waals surface area contributed by atoms with E-state index in [0.29, 0.717) is 12.8 Å². The summed E-state index contributed by atoms with van der Waals surface area (Å²) in [5.74, 6) is -1.62. The third-order valence-electron chi connectivity index (χ3n) is 7.22. The summed E-state index contributed by atoms with van der Waals surface area (Å²) in [5, 5.41) is 27.4. The fraction of sp³-hybridized carbons (Fsp3) is 0.917. The average molecular weight is 425 g/mol. The smallest absolute Gasteiger partial charge is 0.310 e. The largest absolute Gasteiger partial charge is 0.481 e. The van der Waals surface area contributed by atoms with Crippen LogP contribution in [0.15, 0.2) is 0 Å². The van der Waals surface area contributed by atoms with Crippen molar-refractivity contribution in [2.24, 2.45) is 17.3 Å². The summed E-state index contributed by atoms with van der Waals surface area (Å²) in [7, 11) is 0. The number of hydrogen-bond donors (Lipinski definition) is 4. The van der Waals surface area contributed by atoms with Gasteiger partial charge in [0, 0.05) is 28.6 Å². The molecule has 2 rings (SSSR count). The van der Waals surface area contributed by atoms with Crippen molar-refractivity contribution in [3.63, 3.8) is 0 Å². The molecular formula is C24H44N2O4. The second-order valence-corrected chi connectivity index (χ2v) is 12.6. The van der Waals surface area contributed by atoms with E-state index in [0.717, 1.165) is 25.7 Å². The maximum atomic E-state index is 13.2. The number of carboxylic acid groups (broad SMARTS) is 2. The van der Waals surface area contributed by atoms with Gasteiger partial charge in [-0.1, -0.05) is 0 Å². The van der Waals surface area contributed by atoms with Crippen LogP contribution >= 0.6 is 0 Å². The van der Waals surface area contributed by atoms with E-state index < -0.39 is 17.4 Å². The Hall–Kier alpha value is -1.14. The molecule has 2 heterocycles. The third kappa shape index (κ3) is 5.76. The molecule has 0 spiro atoms. The molecule has 6 nitrogen and oxygen atoms in total. The molecule has 30 heavy (non-hydrogen) atoms. The molecule has 0 radical (unpaired) electrons. The Morgan fingerprint density at radius 1 is 0.767 bits per heavy atom. The first-order chi connectivity index (χ1) is 13.4.